The molecule has 3 aliphatic rings. The van der Waals surface area contributed by atoms with Gasteiger partial charge in [0.1, 0.15) is 5.75 Å². The van der Waals surface area contributed by atoms with Crippen molar-refractivity contribution in [1.29, 1.82) is 0 Å². The van der Waals surface area contributed by atoms with E-state index in [-0.39, 0.29) is 12.2 Å². The Hall–Kier alpha value is -2.64. The maximum absolute atomic E-state index is 14.4. The van der Waals surface area contributed by atoms with Gasteiger partial charge in [-0.2, -0.15) is 13.2 Å². The predicted molar refractivity (Wildman–Crippen MR) is 104 cm³/mol. The minimum atomic E-state index is -4.70. The van der Waals surface area contributed by atoms with Crippen molar-refractivity contribution < 1.29 is 27.4 Å². The quantitative estimate of drug-likeness (QED) is 0.656. The summed E-state index contributed by atoms with van der Waals surface area (Å²) in [7, 11) is 1.54. The van der Waals surface area contributed by atoms with Crippen LogP contribution >= 0.6 is 0 Å². The van der Waals surface area contributed by atoms with Gasteiger partial charge >= 0.3 is 12.1 Å². The zero-order chi connectivity index (χ0) is 22.0. The average molecular weight is 422 g/mol. The average Bonchev–Trinajstić information content (AvgIpc) is 3.28. The number of halogens is 3. The lowest BCUT2D eigenvalue weighted by molar-refractivity contribution is -0.141. The van der Waals surface area contributed by atoms with Crippen molar-refractivity contribution in [1.82, 2.24) is 10.0 Å². The summed E-state index contributed by atoms with van der Waals surface area (Å²) in [6, 6.07) is 5.71. The van der Waals surface area contributed by atoms with Gasteiger partial charge in [0.2, 0.25) is 0 Å². The van der Waals surface area contributed by atoms with E-state index in [1.807, 2.05) is 20.8 Å². The second-order valence-corrected chi connectivity index (χ2v) is 8.36. The van der Waals surface area contributed by atoms with Crippen LogP contribution in [0.25, 0.3) is 0 Å². The van der Waals surface area contributed by atoms with Gasteiger partial charge < -0.3 is 9.47 Å². The number of hydrogen-bond acceptors (Lipinski definition) is 5. The van der Waals surface area contributed by atoms with Crippen molar-refractivity contribution in [2.75, 3.05) is 13.7 Å². The minimum absolute atomic E-state index is 0.0157. The number of ether oxygens (including phenoxy) is 2. The Bertz CT molecular complexity index is 947. The SMILES string of the molecule is CCOC(=O)C1=C(C(F)(F)F)N2[C@H](c3ccc(OC)cc3)CC3=C(C)C(C)(C)[C@@H]1N32. The van der Waals surface area contributed by atoms with E-state index in [0.717, 1.165) is 16.8 Å². The van der Waals surface area contributed by atoms with Crippen molar-refractivity contribution in [2.24, 2.45) is 5.41 Å². The van der Waals surface area contributed by atoms with Crippen molar-refractivity contribution in [3.05, 3.63) is 52.4 Å². The molecule has 162 valence electrons. The number of esters is 1. The smallest absolute Gasteiger partial charge is 0.433 e. The molecule has 30 heavy (non-hydrogen) atoms. The molecule has 1 aromatic carbocycles. The summed E-state index contributed by atoms with van der Waals surface area (Å²) in [5.41, 5.74) is 0.717. The molecule has 0 radical (unpaired) electrons. The molecule has 3 aliphatic heterocycles. The Morgan fingerprint density at radius 2 is 1.83 bits per heavy atom. The normalized spacial score (nSPS) is 24.7. The van der Waals surface area contributed by atoms with E-state index >= 15 is 0 Å². The molecule has 8 heteroatoms. The molecule has 2 atom stereocenters. The van der Waals surface area contributed by atoms with Crippen LogP contribution in [0.3, 0.4) is 0 Å². The number of hydrazine groups is 1. The van der Waals surface area contributed by atoms with E-state index in [0.29, 0.717) is 12.2 Å². The molecule has 0 bridgehead atoms. The summed E-state index contributed by atoms with van der Waals surface area (Å²) in [6.45, 7) is 7.33. The number of carbonyl (C=O) groups is 1. The van der Waals surface area contributed by atoms with Crippen molar-refractivity contribution >= 4 is 5.97 Å². The molecule has 0 aromatic heterocycles. The number of nitrogens with zero attached hydrogens (tertiary/aromatic N) is 2. The van der Waals surface area contributed by atoms with Crippen LogP contribution in [0.15, 0.2) is 46.8 Å². The first-order valence-electron chi connectivity index (χ1n) is 9.95. The Balaban J connectivity index is 1.92. The van der Waals surface area contributed by atoms with Gasteiger partial charge in [0.05, 0.1) is 31.4 Å². The molecule has 0 unspecified atom stereocenters. The third-order valence-corrected chi connectivity index (χ3v) is 6.54. The number of benzene rings is 1. The Kier molecular flexibility index (Phi) is 4.60. The van der Waals surface area contributed by atoms with Gasteiger partial charge in [-0.25, -0.2) is 4.79 Å². The lowest BCUT2D eigenvalue weighted by atomic mass is 9.77. The van der Waals surface area contributed by atoms with E-state index in [1.54, 1.807) is 36.2 Å². The van der Waals surface area contributed by atoms with E-state index in [4.69, 9.17) is 9.47 Å². The Morgan fingerprint density at radius 1 is 1.20 bits per heavy atom. The maximum Gasteiger partial charge on any atom is 0.433 e. The largest absolute Gasteiger partial charge is 0.497 e. The third-order valence-electron chi connectivity index (χ3n) is 6.54. The number of alkyl halides is 3. The highest BCUT2D eigenvalue weighted by Crippen LogP contribution is 2.62. The summed E-state index contributed by atoms with van der Waals surface area (Å²) >= 11 is 0. The third kappa shape index (κ3) is 2.72. The highest BCUT2D eigenvalue weighted by atomic mass is 19.4. The first-order valence-corrected chi connectivity index (χ1v) is 9.95. The number of carbonyl (C=O) groups excluding carboxylic acids is 1. The predicted octanol–water partition coefficient (Wildman–Crippen LogP) is 4.73. The summed E-state index contributed by atoms with van der Waals surface area (Å²) < 4.78 is 53.3. The van der Waals surface area contributed by atoms with E-state index in [9.17, 15) is 18.0 Å². The van der Waals surface area contributed by atoms with Gasteiger partial charge in [-0.3, -0.25) is 10.0 Å². The molecule has 1 fully saturated rings. The molecule has 0 spiro atoms. The van der Waals surface area contributed by atoms with Gasteiger partial charge in [-0.1, -0.05) is 26.0 Å². The second-order valence-electron chi connectivity index (χ2n) is 8.36. The Morgan fingerprint density at radius 3 is 2.37 bits per heavy atom. The van der Waals surface area contributed by atoms with Crippen LogP contribution in [0.2, 0.25) is 0 Å². The fraction of sp³-hybridized carbons (Fsp3) is 0.500. The van der Waals surface area contributed by atoms with Crippen LogP contribution in [-0.4, -0.2) is 41.9 Å². The molecule has 1 saturated heterocycles. The summed E-state index contributed by atoms with van der Waals surface area (Å²) in [4.78, 5) is 12.8. The van der Waals surface area contributed by atoms with Crippen LogP contribution < -0.4 is 4.74 Å². The molecule has 0 saturated carbocycles. The van der Waals surface area contributed by atoms with Crippen LogP contribution in [0.5, 0.6) is 5.75 Å². The molecule has 3 heterocycles. The first kappa shape index (κ1) is 20.6. The molecule has 0 aliphatic carbocycles. The summed E-state index contributed by atoms with van der Waals surface area (Å²) in [5.74, 6) is -0.272. The topological polar surface area (TPSA) is 42.0 Å². The van der Waals surface area contributed by atoms with Crippen LogP contribution in [-0.2, 0) is 9.53 Å². The zero-order valence-electron chi connectivity index (χ0n) is 17.6. The first-order chi connectivity index (χ1) is 14.0. The van der Waals surface area contributed by atoms with Gasteiger partial charge in [0, 0.05) is 17.5 Å². The summed E-state index contributed by atoms with van der Waals surface area (Å²) in [5, 5.41) is 2.95. The fourth-order valence-corrected chi connectivity index (χ4v) is 4.92. The molecule has 0 N–H and O–H groups in total. The molecule has 5 nitrogen and oxygen atoms in total. The maximum atomic E-state index is 14.4. The molecular weight excluding hydrogens is 397 g/mol. The highest BCUT2D eigenvalue weighted by Gasteiger charge is 2.64. The Labute approximate surface area is 173 Å². The summed E-state index contributed by atoms with van der Waals surface area (Å²) in [6.07, 6.45) is -4.26. The van der Waals surface area contributed by atoms with E-state index in [2.05, 4.69) is 0 Å². The standard InChI is InChI=1S/C22H25F3N2O3/c1-6-30-20(28)17-18-21(3,4)12(2)15-11-16(13-7-9-14(29-5)10-8-13)27(26(15)18)19(17)22(23,24)25/h7-10,16,18H,6,11H2,1-5H3/t16-,18+/m0/s1. The minimum Gasteiger partial charge on any atom is -0.497 e. The molecule has 4 rings (SSSR count). The molecular formula is C22H25F3N2O3. The van der Waals surface area contributed by atoms with E-state index in [1.165, 1.54) is 12.1 Å². The number of rotatable bonds is 4. The number of hydrogen-bond donors (Lipinski definition) is 0. The van der Waals surface area contributed by atoms with Crippen molar-refractivity contribution in [2.45, 2.75) is 52.4 Å². The van der Waals surface area contributed by atoms with Gasteiger partial charge in [0.15, 0.2) is 5.70 Å². The van der Waals surface area contributed by atoms with Gasteiger partial charge in [-0.05, 0) is 37.1 Å². The van der Waals surface area contributed by atoms with E-state index < -0.39 is 35.3 Å². The fourth-order valence-electron chi connectivity index (χ4n) is 4.92. The number of methoxy groups -OCH3 is 1. The second kappa shape index (κ2) is 6.68. The lowest BCUT2D eigenvalue weighted by Crippen LogP contribution is -2.42. The monoisotopic (exact) mass is 422 g/mol. The highest BCUT2D eigenvalue weighted by molar-refractivity contribution is 5.92. The molecule has 0 amide bonds. The van der Waals surface area contributed by atoms with Gasteiger partial charge in [0.25, 0.3) is 0 Å². The zero-order valence-corrected chi connectivity index (χ0v) is 17.6. The van der Waals surface area contributed by atoms with Crippen LogP contribution in [0.4, 0.5) is 13.2 Å². The lowest BCUT2D eigenvalue weighted by Gasteiger charge is -2.36. The van der Waals surface area contributed by atoms with Crippen molar-refractivity contribution in [3.8, 4) is 5.75 Å². The number of allylic oxidation sites excluding steroid dienone is 1. The molecule has 1 aromatic rings. The van der Waals surface area contributed by atoms with Crippen molar-refractivity contribution in [3.63, 3.8) is 0 Å². The van der Waals surface area contributed by atoms with Crippen LogP contribution in [0.1, 0.15) is 45.7 Å². The van der Waals surface area contributed by atoms with Gasteiger partial charge in [-0.15, -0.1) is 0 Å². The van der Waals surface area contributed by atoms with Crippen LogP contribution in [0, 0.1) is 5.41 Å².